The van der Waals surface area contributed by atoms with Crippen molar-refractivity contribution in [3.63, 3.8) is 0 Å². The summed E-state index contributed by atoms with van der Waals surface area (Å²) in [7, 11) is -3.51. The van der Waals surface area contributed by atoms with Crippen LogP contribution in [0, 0.1) is 11.8 Å². The van der Waals surface area contributed by atoms with E-state index in [2.05, 4.69) is 0 Å². The molecule has 1 aliphatic carbocycles. The molecule has 0 aromatic heterocycles. The molecular weight excluding hydrogens is 352 g/mol. The van der Waals surface area contributed by atoms with Gasteiger partial charge in [-0.3, -0.25) is 0 Å². The zero-order valence-electron chi connectivity index (χ0n) is 13.4. The van der Waals surface area contributed by atoms with E-state index in [1.807, 2.05) is 0 Å². The van der Waals surface area contributed by atoms with Crippen LogP contribution in [0.3, 0.4) is 0 Å². The van der Waals surface area contributed by atoms with E-state index in [1.54, 1.807) is 22.5 Å². The van der Waals surface area contributed by atoms with E-state index < -0.39 is 10.0 Å². The number of hydrogen-bond donors (Lipinski definition) is 1. The number of halogens is 1. The standard InChI is InChI=1S/C16H22N2O4S.ClH/c17-14-3-1-2-11-9-18(10-13(11)14)23(19,20)12-4-5-15-16(8-12)22-7-6-21-15;/h4-5,8,11,13-14H,1-3,6-7,9-10,17H2;1H. The summed E-state index contributed by atoms with van der Waals surface area (Å²) in [5.74, 6) is 1.79. The van der Waals surface area contributed by atoms with Gasteiger partial charge in [0.15, 0.2) is 11.5 Å². The number of ether oxygens (including phenoxy) is 2. The van der Waals surface area contributed by atoms with Gasteiger partial charge in [-0.1, -0.05) is 6.42 Å². The molecule has 134 valence electrons. The summed E-state index contributed by atoms with van der Waals surface area (Å²) in [6.07, 6.45) is 3.17. The first kappa shape index (κ1) is 17.8. The molecule has 2 heterocycles. The molecule has 1 aromatic rings. The van der Waals surface area contributed by atoms with E-state index in [-0.39, 0.29) is 29.3 Å². The second-order valence-electron chi connectivity index (χ2n) is 6.65. The van der Waals surface area contributed by atoms with Gasteiger partial charge in [-0.15, -0.1) is 12.4 Å². The van der Waals surface area contributed by atoms with E-state index in [4.69, 9.17) is 15.2 Å². The fourth-order valence-electron chi connectivity index (χ4n) is 4.01. The molecule has 2 N–H and O–H groups in total. The fraction of sp³-hybridized carbons (Fsp3) is 0.625. The van der Waals surface area contributed by atoms with Crippen molar-refractivity contribution in [2.45, 2.75) is 30.2 Å². The molecule has 0 radical (unpaired) electrons. The Morgan fingerprint density at radius 2 is 1.83 bits per heavy atom. The van der Waals surface area contributed by atoms with Crippen LogP contribution in [0.5, 0.6) is 11.5 Å². The summed E-state index contributed by atoms with van der Waals surface area (Å²) in [6, 6.07) is 4.97. The van der Waals surface area contributed by atoms with Gasteiger partial charge in [-0.2, -0.15) is 4.31 Å². The monoisotopic (exact) mass is 374 g/mol. The quantitative estimate of drug-likeness (QED) is 0.850. The first-order valence-electron chi connectivity index (χ1n) is 8.21. The highest BCUT2D eigenvalue weighted by molar-refractivity contribution is 7.89. The van der Waals surface area contributed by atoms with E-state index >= 15 is 0 Å². The van der Waals surface area contributed by atoms with Crippen LogP contribution in [0.25, 0.3) is 0 Å². The molecule has 3 aliphatic rings. The smallest absolute Gasteiger partial charge is 0.243 e. The fourth-order valence-corrected chi connectivity index (χ4v) is 5.56. The Hall–Kier alpha value is -1.02. The normalized spacial score (nSPS) is 29.6. The van der Waals surface area contributed by atoms with Crippen LogP contribution in [0.1, 0.15) is 19.3 Å². The Morgan fingerprint density at radius 1 is 1.08 bits per heavy atom. The van der Waals surface area contributed by atoms with Crippen molar-refractivity contribution >= 4 is 22.4 Å². The molecule has 3 atom stereocenters. The minimum Gasteiger partial charge on any atom is -0.486 e. The third-order valence-electron chi connectivity index (χ3n) is 5.27. The van der Waals surface area contributed by atoms with E-state index in [9.17, 15) is 8.42 Å². The van der Waals surface area contributed by atoms with Gasteiger partial charge < -0.3 is 15.2 Å². The Kier molecular flexibility index (Phi) is 4.97. The molecule has 2 fully saturated rings. The van der Waals surface area contributed by atoms with E-state index in [0.29, 0.717) is 43.7 Å². The van der Waals surface area contributed by atoms with Gasteiger partial charge in [-0.05, 0) is 36.8 Å². The number of nitrogens with zero attached hydrogens (tertiary/aromatic N) is 1. The lowest BCUT2D eigenvalue weighted by atomic mass is 9.78. The van der Waals surface area contributed by atoms with Crippen LogP contribution in [0.4, 0.5) is 0 Å². The molecule has 1 aromatic carbocycles. The van der Waals surface area contributed by atoms with Crippen LogP contribution in [-0.4, -0.2) is 45.1 Å². The second kappa shape index (κ2) is 6.71. The lowest BCUT2D eigenvalue weighted by Crippen LogP contribution is -2.38. The lowest BCUT2D eigenvalue weighted by Gasteiger charge is -2.29. The van der Waals surface area contributed by atoms with Gasteiger partial charge in [-0.25, -0.2) is 8.42 Å². The summed E-state index contributed by atoms with van der Waals surface area (Å²) in [6.45, 7) is 2.05. The number of benzene rings is 1. The van der Waals surface area contributed by atoms with Gasteiger partial charge in [0.05, 0.1) is 4.90 Å². The van der Waals surface area contributed by atoms with Crippen molar-refractivity contribution in [1.29, 1.82) is 0 Å². The largest absolute Gasteiger partial charge is 0.486 e. The Bertz CT molecular complexity index is 712. The lowest BCUT2D eigenvalue weighted by molar-refractivity contribution is 0.171. The molecule has 4 rings (SSSR count). The third kappa shape index (κ3) is 2.98. The van der Waals surface area contributed by atoms with E-state index in [1.165, 1.54) is 0 Å². The maximum atomic E-state index is 13.0. The van der Waals surface area contributed by atoms with Gasteiger partial charge in [0, 0.05) is 25.2 Å². The van der Waals surface area contributed by atoms with Crippen molar-refractivity contribution < 1.29 is 17.9 Å². The van der Waals surface area contributed by atoms with Crippen molar-refractivity contribution in [3.8, 4) is 11.5 Å². The summed E-state index contributed by atoms with van der Waals surface area (Å²) in [4.78, 5) is 0.272. The second-order valence-corrected chi connectivity index (χ2v) is 8.58. The maximum absolute atomic E-state index is 13.0. The topological polar surface area (TPSA) is 81.9 Å². The SMILES string of the molecule is Cl.NC1CCCC2CN(S(=O)(=O)c3ccc4c(c3)OCCO4)CC12. The van der Waals surface area contributed by atoms with Crippen LogP contribution in [0.15, 0.2) is 23.1 Å². The molecule has 6 nitrogen and oxygen atoms in total. The molecule has 0 amide bonds. The average Bonchev–Trinajstić information content (AvgIpc) is 3.01. The minimum atomic E-state index is -3.51. The highest BCUT2D eigenvalue weighted by Crippen LogP contribution is 2.39. The molecule has 1 saturated heterocycles. The van der Waals surface area contributed by atoms with Gasteiger partial charge >= 0.3 is 0 Å². The molecule has 0 spiro atoms. The Labute approximate surface area is 148 Å². The highest BCUT2D eigenvalue weighted by Gasteiger charge is 2.43. The summed E-state index contributed by atoms with van der Waals surface area (Å²) in [5, 5.41) is 0. The number of nitrogens with two attached hydrogens (primary N) is 1. The minimum absolute atomic E-state index is 0. The number of hydrogen-bond acceptors (Lipinski definition) is 5. The van der Waals surface area contributed by atoms with Crippen LogP contribution in [-0.2, 0) is 10.0 Å². The zero-order chi connectivity index (χ0) is 16.0. The first-order chi connectivity index (χ1) is 11.1. The van der Waals surface area contributed by atoms with Crippen molar-refractivity contribution in [2.75, 3.05) is 26.3 Å². The number of sulfonamides is 1. The average molecular weight is 375 g/mol. The summed E-state index contributed by atoms with van der Waals surface area (Å²) < 4.78 is 38.5. The summed E-state index contributed by atoms with van der Waals surface area (Å²) in [5.41, 5.74) is 6.20. The van der Waals surface area contributed by atoms with Gasteiger partial charge in [0.2, 0.25) is 10.0 Å². The van der Waals surface area contributed by atoms with E-state index in [0.717, 1.165) is 19.3 Å². The van der Waals surface area contributed by atoms with Crippen LogP contribution >= 0.6 is 12.4 Å². The van der Waals surface area contributed by atoms with Crippen molar-refractivity contribution in [3.05, 3.63) is 18.2 Å². The molecule has 3 unspecified atom stereocenters. The summed E-state index contributed by atoms with van der Waals surface area (Å²) >= 11 is 0. The van der Waals surface area contributed by atoms with Gasteiger partial charge in [0.1, 0.15) is 13.2 Å². The highest BCUT2D eigenvalue weighted by atomic mass is 35.5. The maximum Gasteiger partial charge on any atom is 0.243 e. The number of fused-ring (bicyclic) bond motifs is 2. The zero-order valence-corrected chi connectivity index (χ0v) is 15.0. The first-order valence-corrected chi connectivity index (χ1v) is 9.65. The predicted molar refractivity (Wildman–Crippen MR) is 92.2 cm³/mol. The Morgan fingerprint density at radius 3 is 2.58 bits per heavy atom. The predicted octanol–water partition coefficient (Wildman–Crippen LogP) is 1.63. The van der Waals surface area contributed by atoms with Crippen molar-refractivity contribution in [1.82, 2.24) is 4.31 Å². The molecular formula is C16H23ClN2O4S. The van der Waals surface area contributed by atoms with Crippen molar-refractivity contribution in [2.24, 2.45) is 17.6 Å². The van der Waals surface area contributed by atoms with Crippen LogP contribution < -0.4 is 15.2 Å². The molecule has 2 aliphatic heterocycles. The molecule has 24 heavy (non-hydrogen) atoms. The van der Waals surface area contributed by atoms with Gasteiger partial charge in [0.25, 0.3) is 0 Å². The molecule has 8 heteroatoms. The number of rotatable bonds is 2. The third-order valence-corrected chi connectivity index (χ3v) is 7.10. The molecule has 1 saturated carbocycles. The molecule has 0 bridgehead atoms. The van der Waals surface area contributed by atoms with Crippen LogP contribution in [0.2, 0.25) is 0 Å². The Balaban J connectivity index is 0.00000169.